The number of hydrogen-bond donors (Lipinski definition) is 0. The molecule has 3 nitrogen and oxygen atoms in total. The number of likely N-dealkylation sites (N-methyl/N-ethyl adjacent to an activating group) is 1. The summed E-state index contributed by atoms with van der Waals surface area (Å²) in [5, 5.41) is 1.24. The summed E-state index contributed by atoms with van der Waals surface area (Å²) in [6, 6.07) is 7.55. The van der Waals surface area contributed by atoms with E-state index in [9.17, 15) is 0 Å². The highest BCUT2D eigenvalue weighted by Crippen LogP contribution is 2.40. The van der Waals surface area contributed by atoms with Crippen LogP contribution in [0.25, 0.3) is 11.0 Å². The Kier molecular flexibility index (Phi) is 1.83. The van der Waals surface area contributed by atoms with E-state index in [2.05, 4.69) is 46.9 Å². The Morgan fingerprint density at radius 2 is 2.27 bits per heavy atom. The monoisotopic (exact) mass is 201 g/mol. The summed E-state index contributed by atoms with van der Waals surface area (Å²) < 4.78 is 2.31. The molecule has 0 saturated heterocycles. The maximum Gasteiger partial charge on any atom is 0.140 e. The summed E-state index contributed by atoms with van der Waals surface area (Å²) in [4.78, 5) is 6.73. The second-order valence-electron chi connectivity index (χ2n) is 4.47. The molecule has 0 radical (unpaired) electrons. The zero-order valence-corrected chi connectivity index (χ0v) is 9.09. The molecule has 0 N–H and O–H groups in total. The van der Waals surface area contributed by atoms with Crippen molar-refractivity contribution < 1.29 is 0 Å². The van der Waals surface area contributed by atoms with Gasteiger partial charge in [-0.05, 0) is 38.7 Å². The second-order valence-corrected chi connectivity index (χ2v) is 4.47. The smallest absolute Gasteiger partial charge is 0.140 e. The van der Waals surface area contributed by atoms with Crippen molar-refractivity contribution >= 4 is 11.0 Å². The van der Waals surface area contributed by atoms with E-state index in [0.717, 1.165) is 5.65 Å². The Morgan fingerprint density at radius 3 is 3.00 bits per heavy atom. The van der Waals surface area contributed by atoms with E-state index in [1.165, 1.54) is 11.8 Å². The van der Waals surface area contributed by atoms with Crippen molar-refractivity contribution in [3.8, 4) is 0 Å². The molecule has 0 spiro atoms. The highest BCUT2D eigenvalue weighted by Gasteiger charge is 2.40. The first kappa shape index (κ1) is 8.92. The number of rotatable bonds is 2. The average Bonchev–Trinajstić information content (AvgIpc) is 2.92. The van der Waals surface area contributed by atoms with E-state index in [4.69, 9.17) is 0 Å². The molecule has 2 heterocycles. The van der Waals surface area contributed by atoms with Crippen LogP contribution in [0.4, 0.5) is 0 Å². The lowest BCUT2D eigenvalue weighted by Gasteiger charge is -2.09. The number of aromatic nitrogens is 2. The Labute approximate surface area is 89.3 Å². The molecule has 0 amide bonds. The maximum absolute atomic E-state index is 4.44. The van der Waals surface area contributed by atoms with Gasteiger partial charge in [0.25, 0.3) is 0 Å². The first-order valence-electron chi connectivity index (χ1n) is 5.35. The van der Waals surface area contributed by atoms with Crippen molar-refractivity contribution in [3.05, 3.63) is 30.6 Å². The summed E-state index contributed by atoms with van der Waals surface area (Å²) in [7, 11) is 4.29. The van der Waals surface area contributed by atoms with Crippen molar-refractivity contribution in [1.82, 2.24) is 14.5 Å². The highest BCUT2D eigenvalue weighted by molar-refractivity contribution is 5.76. The predicted molar refractivity (Wildman–Crippen MR) is 60.9 cm³/mol. The first-order chi connectivity index (χ1) is 7.27. The van der Waals surface area contributed by atoms with Crippen molar-refractivity contribution in [3.63, 3.8) is 0 Å². The van der Waals surface area contributed by atoms with Crippen LogP contribution in [0, 0.1) is 0 Å². The normalized spacial score (nSPS) is 25.0. The van der Waals surface area contributed by atoms with Gasteiger partial charge in [0.1, 0.15) is 5.65 Å². The van der Waals surface area contributed by atoms with Crippen molar-refractivity contribution in [2.24, 2.45) is 0 Å². The Balaban J connectivity index is 2.00. The minimum absolute atomic E-state index is 0.618. The molecule has 1 fully saturated rings. The van der Waals surface area contributed by atoms with Crippen molar-refractivity contribution in [2.45, 2.75) is 18.5 Å². The van der Waals surface area contributed by atoms with Crippen molar-refractivity contribution in [1.29, 1.82) is 0 Å². The van der Waals surface area contributed by atoms with Gasteiger partial charge in [0.2, 0.25) is 0 Å². The third kappa shape index (κ3) is 1.35. The standard InChI is InChI=1S/C12H15N3/c1-14(2)10-8-11(10)15-7-5-9-4-3-6-13-12(9)15/h3-7,10-11H,8H2,1-2H3. The minimum atomic E-state index is 0.618. The zero-order chi connectivity index (χ0) is 10.4. The van der Waals surface area contributed by atoms with Crippen LogP contribution in [0.15, 0.2) is 30.6 Å². The second kappa shape index (κ2) is 3.07. The highest BCUT2D eigenvalue weighted by atomic mass is 15.2. The van der Waals surface area contributed by atoms with E-state index in [-0.39, 0.29) is 0 Å². The molecule has 1 saturated carbocycles. The molecule has 2 aromatic rings. The van der Waals surface area contributed by atoms with Crippen LogP contribution in [-0.2, 0) is 0 Å². The van der Waals surface area contributed by atoms with Crippen LogP contribution < -0.4 is 0 Å². The van der Waals surface area contributed by atoms with Crippen LogP contribution in [-0.4, -0.2) is 34.6 Å². The molecule has 1 aliphatic carbocycles. The van der Waals surface area contributed by atoms with Crippen LogP contribution in [0.5, 0.6) is 0 Å². The quantitative estimate of drug-likeness (QED) is 0.740. The fourth-order valence-corrected chi connectivity index (χ4v) is 2.28. The molecule has 3 heteroatoms. The van der Waals surface area contributed by atoms with E-state index in [1.54, 1.807) is 0 Å². The summed E-state index contributed by atoms with van der Waals surface area (Å²) in [6.45, 7) is 0. The summed E-state index contributed by atoms with van der Waals surface area (Å²) in [6.07, 6.45) is 5.27. The van der Waals surface area contributed by atoms with E-state index in [0.29, 0.717) is 12.1 Å². The van der Waals surface area contributed by atoms with Gasteiger partial charge in [0.05, 0.1) is 6.04 Å². The Hall–Kier alpha value is -1.35. The lowest BCUT2D eigenvalue weighted by atomic mass is 10.3. The Morgan fingerprint density at radius 1 is 1.40 bits per heavy atom. The topological polar surface area (TPSA) is 21.1 Å². The van der Waals surface area contributed by atoms with Gasteiger partial charge < -0.3 is 9.47 Å². The molecule has 78 valence electrons. The molecular weight excluding hydrogens is 186 g/mol. The van der Waals surface area contributed by atoms with Crippen LogP contribution >= 0.6 is 0 Å². The van der Waals surface area contributed by atoms with Crippen LogP contribution in [0.3, 0.4) is 0 Å². The fraction of sp³-hybridized carbons (Fsp3) is 0.417. The van der Waals surface area contributed by atoms with E-state index < -0.39 is 0 Å². The molecule has 0 aliphatic heterocycles. The molecule has 0 bridgehead atoms. The zero-order valence-electron chi connectivity index (χ0n) is 9.09. The van der Waals surface area contributed by atoms with Gasteiger partial charge in [-0.15, -0.1) is 0 Å². The summed E-state index contributed by atoms with van der Waals surface area (Å²) >= 11 is 0. The largest absolute Gasteiger partial charge is 0.328 e. The summed E-state index contributed by atoms with van der Waals surface area (Å²) in [5.41, 5.74) is 1.12. The van der Waals surface area contributed by atoms with Crippen molar-refractivity contribution in [2.75, 3.05) is 14.1 Å². The molecule has 15 heavy (non-hydrogen) atoms. The first-order valence-corrected chi connectivity index (χ1v) is 5.35. The third-order valence-corrected chi connectivity index (χ3v) is 3.22. The SMILES string of the molecule is CN(C)C1CC1n1ccc2cccnc21. The molecule has 1 aliphatic rings. The van der Waals surface area contributed by atoms with Gasteiger partial charge in [-0.25, -0.2) is 4.98 Å². The number of nitrogens with zero attached hydrogens (tertiary/aromatic N) is 3. The number of hydrogen-bond acceptors (Lipinski definition) is 2. The molecule has 2 unspecified atom stereocenters. The maximum atomic E-state index is 4.44. The van der Waals surface area contributed by atoms with E-state index >= 15 is 0 Å². The number of pyridine rings is 1. The van der Waals surface area contributed by atoms with Gasteiger partial charge in [-0.3, -0.25) is 0 Å². The predicted octanol–water partition coefficient (Wildman–Crippen LogP) is 1.91. The molecule has 2 atom stereocenters. The minimum Gasteiger partial charge on any atom is -0.328 e. The van der Waals surface area contributed by atoms with Crippen LogP contribution in [0.2, 0.25) is 0 Å². The third-order valence-electron chi connectivity index (χ3n) is 3.22. The number of fused-ring (bicyclic) bond motifs is 1. The van der Waals surface area contributed by atoms with E-state index in [1.807, 2.05) is 12.3 Å². The average molecular weight is 201 g/mol. The molecular formula is C12H15N3. The van der Waals surface area contributed by atoms with Gasteiger partial charge in [-0.2, -0.15) is 0 Å². The fourth-order valence-electron chi connectivity index (χ4n) is 2.28. The summed E-state index contributed by atoms with van der Waals surface area (Å²) in [5.74, 6) is 0. The lowest BCUT2D eigenvalue weighted by molar-refractivity contribution is 0.377. The van der Waals surface area contributed by atoms with Crippen LogP contribution in [0.1, 0.15) is 12.5 Å². The van der Waals surface area contributed by atoms with Gasteiger partial charge in [-0.1, -0.05) is 0 Å². The Bertz CT molecular complexity index is 486. The molecule has 2 aromatic heterocycles. The van der Waals surface area contributed by atoms with Gasteiger partial charge >= 0.3 is 0 Å². The van der Waals surface area contributed by atoms with Gasteiger partial charge in [0.15, 0.2) is 0 Å². The lowest BCUT2D eigenvalue weighted by Crippen LogP contribution is -2.17. The molecule has 0 aromatic carbocycles. The molecule has 3 rings (SSSR count). The van der Waals surface area contributed by atoms with Gasteiger partial charge in [0, 0.05) is 23.8 Å².